The lowest BCUT2D eigenvalue weighted by Crippen LogP contribution is -2.33. The number of rotatable bonds is 5. The molecule has 104 valence electrons. The molecule has 1 unspecified atom stereocenters. The number of amides is 1. The molecule has 1 saturated heterocycles. The van der Waals surface area contributed by atoms with E-state index in [0.29, 0.717) is 0 Å². The number of hydrogen-bond donors (Lipinski definition) is 2. The zero-order chi connectivity index (χ0) is 13.1. The normalized spacial score (nSPS) is 17.9. The van der Waals surface area contributed by atoms with Gasteiger partial charge in [-0.15, -0.1) is 0 Å². The summed E-state index contributed by atoms with van der Waals surface area (Å²) in [5.41, 5.74) is 0. The lowest BCUT2D eigenvalue weighted by molar-refractivity contribution is -0.124. The Labute approximate surface area is 108 Å². The Balaban J connectivity index is 0. The molecule has 1 rings (SSSR count). The molecular formula is C14H32N2O. The Bertz CT molecular complexity index is 194. The highest BCUT2D eigenvalue weighted by Gasteiger charge is 2.14. The minimum absolute atomic E-state index is 0. The summed E-state index contributed by atoms with van der Waals surface area (Å²) in [6.45, 7) is 11.2. The average Bonchev–Trinajstić information content (AvgIpc) is 2.41. The summed E-state index contributed by atoms with van der Waals surface area (Å²) >= 11 is 0. The van der Waals surface area contributed by atoms with Crippen LogP contribution in [0.15, 0.2) is 0 Å². The number of carbonyl (C=O) groups excluding carboxylic acids is 1. The molecule has 3 heteroatoms. The standard InChI is InChI=1S/C12H24N2O.C2H6.H2/c1-3-10(2)12(15)14-9-6-11-4-7-13-8-5-11;1-2;/h10-11,13H,3-9H2,1-2H3,(H,14,15);1-2H3;1H. The van der Waals surface area contributed by atoms with Crippen LogP contribution in [0.5, 0.6) is 0 Å². The van der Waals surface area contributed by atoms with E-state index in [1.165, 1.54) is 12.8 Å². The molecule has 0 aromatic carbocycles. The van der Waals surface area contributed by atoms with Crippen LogP contribution in [0.2, 0.25) is 0 Å². The van der Waals surface area contributed by atoms with Gasteiger partial charge in [0.1, 0.15) is 0 Å². The lowest BCUT2D eigenvalue weighted by atomic mass is 9.94. The van der Waals surface area contributed by atoms with E-state index in [1.54, 1.807) is 0 Å². The van der Waals surface area contributed by atoms with E-state index >= 15 is 0 Å². The molecule has 0 aliphatic carbocycles. The minimum atomic E-state index is 0. The Morgan fingerprint density at radius 1 is 1.41 bits per heavy atom. The summed E-state index contributed by atoms with van der Waals surface area (Å²) in [4.78, 5) is 11.5. The zero-order valence-corrected chi connectivity index (χ0v) is 12.0. The van der Waals surface area contributed by atoms with E-state index < -0.39 is 0 Å². The number of hydrogen-bond acceptors (Lipinski definition) is 2. The van der Waals surface area contributed by atoms with Gasteiger partial charge in [-0.3, -0.25) is 4.79 Å². The van der Waals surface area contributed by atoms with Crippen LogP contribution in [0.1, 0.15) is 54.8 Å². The second kappa shape index (κ2) is 10.6. The number of carbonyl (C=O) groups is 1. The van der Waals surface area contributed by atoms with Crippen molar-refractivity contribution in [2.45, 2.75) is 53.4 Å². The second-order valence-electron chi connectivity index (χ2n) is 4.58. The van der Waals surface area contributed by atoms with Gasteiger partial charge in [0, 0.05) is 13.9 Å². The number of piperidine rings is 1. The summed E-state index contributed by atoms with van der Waals surface area (Å²) in [5, 5.41) is 6.38. The maximum atomic E-state index is 11.5. The summed E-state index contributed by atoms with van der Waals surface area (Å²) in [6, 6.07) is 0. The van der Waals surface area contributed by atoms with Gasteiger partial charge in [0.15, 0.2) is 0 Å². The van der Waals surface area contributed by atoms with E-state index in [1.807, 2.05) is 20.8 Å². The first-order chi connectivity index (χ1) is 8.24. The molecule has 1 amide bonds. The van der Waals surface area contributed by atoms with E-state index in [2.05, 4.69) is 17.6 Å². The summed E-state index contributed by atoms with van der Waals surface area (Å²) in [7, 11) is 0. The molecule has 1 fully saturated rings. The van der Waals surface area contributed by atoms with Gasteiger partial charge < -0.3 is 10.6 Å². The molecule has 0 spiro atoms. The van der Waals surface area contributed by atoms with Gasteiger partial charge in [0.05, 0.1) is 0 Å². The maximum absolute atomic E-state index is 11.5. The first-order valence-corrected chi connectivity index (χ1v) is 7.22. The first-order valence-electron chi connectivity index (χ1n) is 7.22. The fourth-order valence-electron chi connectivity index (χ4n) is 1.93. The van der Waals surface area contributed by atoms with Gasteiger partial charge >= 0.3 is 0 Å². The van der Waals surface area contributed by atoms with E-state index in [-0.39, 0.29) is 13.3 Å². The van der Waals surface area contributed by atoms with Crippen molar-refractivity contribution in [1.29, 1.82) is 0 Å². The van der Waals surface area contributed by atoms with Crippen LogP contribution in [-0.4, -0.2) is 25.5 Å². The van der Waals surface area contributed by atoms with Crippen molar-refractivity contribution in [2.24, 2.45) is 11.8 Å². The Morgan fingerprint density at radius 2 is 2.00 bits per heavy atom. The van der Waals surface area contributed by atoms with Crippen LogP contribution in [-0.2, 0) is 4.79 Å². The van der Waals surface area contributed by atoms with Gasteiger partial charge in [-0.25, -0.2) is 0 Å². The third-order valence-electron chi connectivity index (χ3n) is 3.37. The lowest BCUT2D eigenvalue weighted by Gasteiger charge is -2.22. The van der Waals surface area contributed by atoms with Gasteiger partial charge in [-0.05, 0) is 44.7 Å². The second-order valence-corrected chi connectivity index (χ2v) is 4.58. The molecule has 1 aliphatic heterocycles. The predicted molar refractivity (Wildman–Crippen MR) is 76.1 cm³/mol. The number of nitrogens with one attached hydrogen (secondary N) is 2. The quantitative estimate of drug-likeness (QED) is 0.781. The molecule has 1 atom stereocenters. The molecule has 0 aromatic heterocycles. The van der Waals surface area contributed by atoms with Crippen molar-refractivity contribution in [3.05, 3.63) is 0 Å². The summed E-state index contributed by atoms with van der Waals surface area (Å²) in [6.07, 6.45) is 4.60. The highest BCUT2D eigenvalue weighted by Crippen LogP contribution is 2.14. The van der Waals surface area contributed by atoms with Crippen LogP contribution >= 0.6 is 0 Å². The Morgan fingerprint density at radius 3 is 2.53 bits per heavy atom. The van der Waals surface area contributed by atoms with Crippen LogP contribution < -0.4 is 10.6 Å². The molecule has 3 nitrogen and oxygen atoms in total. The molecule has 2 N–H and O–H groups in total. The van der Waals surface area contributed by atoms with E-state index in [0.717, 1.165) is 38.4 Å². The van der Waals surface area contributed by atoms with Crippen LogP contribution in [0.25, 0.3) is 0 Å². The van der Waals surface area contributed by atoms with Gasteiger partial charge in [0.2, 0.25) is 5.91 Å². The molecule has 1 heterocycles. The van der Waals surface area contributed by atoms with Crippen molar-refractivity contribution < 1.29 is 6.22 Å². The Kier molecular flexibility index (Phi) is 10.2. The minimum Gasteiger partial charge on any atom is -0.356 e. The Hall–Kier alpha value is -0.570. The van der Waals surface area contributed by atoms with Crippen LogP contribution in [0.3, 0.4) is 0 Å². The van der Waals surface area contributed by atoms with E-state index in [4.69, 9.17) is 0 Å². The summed E-state index contributed by atoms with van der Waals surface area (Å²) in [5.74, 6) is 1.19. The SMILES string of the molecule is CC.CCC(C)C(=O)NCCC1CCNCC1.[HH]. The van der Waals surface area contributed by atoms with Gasteiger partial charge in [0.25, 0.3) is 0 Å². The zero-order valence-electron chi connectivity index (χ0n) is 12.0. The van der Waals surface area contributed by atoms with Crippen molar-refractivity contribution in [1.82, 2.24) is 10.6 Å². The largest absolute Gasteiger partial charge is 0.356 e. The first kappa shape index (κ1) is 16.4. The third kappa shape index (κ3) is 7.37. The molecule has 0 bridgehead atoms. The smallest absolute Gasteiger partial charge is 0.222 e. The average molecular weight is 244 g/mol. The highest BCUT2D eigenvalue weighted by atomic mass is 16.1. The summed E-state index contributed by atoms with van der Waals surface area (Å²) < 4.78 is 0. The fraction of sp³-hybridized carbons (Fsp3) is 0.929. The molecular weight excluding hydrogens is 212 g/mol. The monoisotopic (exact) mass is 244 g/mol. The van der Waals surface area contributed by atoms with Crippen LogP contribution in [0, 0.1) is 11.8 Å². The van der Waals surface area contributed by atoms with Crippen molar-refractivity contribution in [2.75, 3.05) is 19.6 Å². The van der Waals surface area contributed by atoms with Crippen molar-refractivity contribution >= 4 is 5.91 Å². The topological polar surface area (TPSA) is 41.1 Å². The van der Waals surface area contributed by atoms with Gasteiger partial charge in [-0.1, -0.05) is 27.7 Å². The van der Waals surface area contributed by atoms with Crippen molar-refractivity contribution in [3.63, 3.8) is 0 Å². The predicted octanol–water partition coefficient (Wildman–Crippen LogP) is 2.81. The molecule has 0 aromatic rings. The fourth-order valence-corrected chi connectivity index (χ4v) is 1.93. The van der Waals surface area contributed by atoms with Gasteiger partial charge in [-0.2, -0.15) is 0 Å². The maximum Gasteiger partial charge on any atom is 0.222 e. The van der Waals surface area contributed by atoms with Crippen LogP contribution in [0.4, 0.5) is 0 Å². The van der Waals surface area contributed by atoms with E-state index in [9.17, 15) is 4.79 Å². The van der Waals surface area contributed by atoms with Crippen molar-refractivity contribution in [3.8, 4) is 0 Å². The highest BCUT2D eigenvalue weighted by molar-refractivity contribution is 5.78. The molecule has 1 aliphatic rings. The third-order valence-corrected chi connectivity index (χ3v) is 3.37. The molecule has 17 heavy (non-hydrogen) atoms. The molecule has 0 saturated carbocycles. The molecule has 0 radical (unpaired) electrons.